The van der Waals surface area contributed by atoms with Crippen molar-refractivity contribution >= 4 is 159 Å². The van der Waals surface area contributed by atoms with Gasteiger partial charge in [0.05, 0.1) is 0 Å². The number of rotatable bonds is 0. The molecular weight excluding hydrogens is 1160 g/mol. The molecule has 12 radical (unpaired) electrons. The minimum atomic E-state index is 1.37. The summed E-state index contributed by atoms with van der Waals surface area (Å²) < 4.78 is 8.23. The van der Waals surface area contributed by atoms with Crippen molar-refractivity contribution in [3.8, 4) is 0 Å². The Kier molecular flexibility index (Phi) is 27.5. The van der Waals surface area contributed by atoms with Gasteiger partial charge < -0.3 is 0 Å². The first-order chi connectivity index (χ1) is 20.4. The summed E-state index contributed by atoms with van der Waals surface area (Å²) in [5, 5.41) is 0. The molecule has 0 amide bonds. The van der Waals surface area contributed by atoms with Crippen LogP contribution >= 0.6 is 0 Å². The van der Waals surface area contributed by atoms with Crippen LogP contribution in [0.5, 0.6) is 0 Å². The molecular formula is C36H30Sb6. The van der Waals surface area contributed by atoms with Crippen LogP contribution in [0.2, 0.25) is 0 Å². The zero-order valence-corrected chi connectivity index (χ0v) is 38.3. The predicted octanol–water partition coefficient (Wildman–Crippen LogP) is 2.88. The molecule has 0 aromatic heterocycles. The van der Waals surface area contributed by atoms with Gasteiger partial charge >= 0.3 is 341 Å². The number of benzene rings is 6. The van der Waals surface area contributed by atoms with Gasteiger partial charge in [0, 0.05) is 0 Å². The molecule has 0 bridgehead atoms. The minimum absolute atomic E-state index is 1.37. The Morgan fingerprint density at radius 3 is 0.310 bits per heavy atom. The molecule has 6 heteroatoms. The van der Waals surface area contributed by atoms with Gasteiger partial charge in [0.1, 0.15) is 0 Å². The Labute approximate surface area is 335 Å². The van der Waals surface area contributed by atoms with Crippen LogP contribution in [0.25, 0.3) is 0 Å². The zero-order chi connectivity index (χ0) is 30.7. The van der Waals surface area contributed by atoms with Gasteiger partial charge in [-0.3, -0.25) is 0 Å². The Morgan fingerprint density at radius 2 is 0.262 bits per heavy atom. The molecule has 6 aromatic rings. The van der Waals surface area contributed by atoms with Crippen molar-refractivity contribution in [2.24, 2.45) is 0 Å². The van der Waals surface area contributed by atoms with E-state index >= 15 is 0 Å². The van der Waals surface area contributed by atoms with Gasteiger partial charge in [-0.1, -0.05) is 0 Å². The summed E-state index contributed by atoms with van der Waals surface area (Å²) >= 11 is 10.5. The first kappa shape index (κ1) is 40.3. The van der Waals surface area contributed by atoms with Crippen LogP contribution < -0.4 is 21.1 Å². The SMILES string of the molecule is [Sb][c]1ccccc1.[Sb][c]1ccccc1.[Sb][c]1ccccc1.[Sb][c]1ccccc1.[Sb][c]1ccccc1.[Sb][c]1ccccc1. The van der Waals surface area contributed by atoms with Crippen molar-refractivity contribution in [1.82, 2.24) is 0 Å². The maximum atomic E-state index is 2.11. The second-order valence-corrected chi connectivity index (χ2v) is 16.9. The molecule has 0 fully saturated rings. The van der Waals surface area contributed by atoms with E-state index in [9.17, 15) is 0 Å². The average molecular weight is 1190 g/mol. The van der Waals surface area contributed by atoms with Crippen LogP contribution in [0.15, 0.2) is 182 Å². The third-order valence-electron chi connectivity index (χ3n) is 4.54. The first-order valence-electron chi connectivity index (χ1n) is 12.8. The predicted molar refractivity (Wildman–Crippen MR) is 191 cm³/mol. The van der Waals surface area contributed by atoms with Gasteiger partial charge in [0.25, 0.3) is 0 Å². The van der Waals surface area contributed by atoms with Crippen LogP contribution in [-0.2, 0) is 0 Å². The molecule has 0 heterocycles. The molecule has 0 aliphatic carbocycles. The Balaban J connectivity index is 0.000000252. The first-order valence-corrected chi connectivity index (χ1v) is 20.5. The molecule has 6 aromatic carbocycles. The van der Waals surface area contributed by atoms with E-state index in [4.69, 9.17) is 0 Å². The van der Waals surface area contributed by atoms with E-state index in [-0.39, 0.29) is 0 Å². The summed E-state index contributed by atoms with van der Waals surface area (Å²) in [6.07, 6.45) is 0. The van der Waals surface area contributed by atoms with Crippen LogP contribution in [0.1, 0.15) is 0 Å². The summed E-state index contributed by atoms with van der Waals surface area (Å²) in [5.74, 6) is 0. The van der Waals surface area contributed by atoms with E-state index in [0.29, 0.717) is 0 Å². The van der Waals surface area contributed by atoms with E-state index < -0.39 is 0 Å². The van der Waals surface area contributed by atoms with Crippen LogP contribution in [0, 0.1) is 0 Å². The molecule has 0 aliphatic rings. The van der Waals surface area contributed by atoms with E-state index in [1.54, 1.807) is 138 Å². The molecule has 0 N–H and O–H groups in total. The van der Waals surface area contributed by atoms with E-state index in [2.05, 4.69) is 72.8 Å². The van der Waals surface area contributed by atoms with Crippen LogP contribution in [-0.4, -0.2) is 138 Å². The third kappa shape index (κ3) is 26.6. The molecule has 0 nitrogen and oxygen atoms in total. The van der Waals surface area contributed by atoms with E-state index in [1.807, 2.05) is 109 Å². The van der Waals surface area contributed by atoms with Crippen molar-refractivity contribution in [1.29, 1.82) is 0 Å². The third-order valence-corrected chi connectivity index (χ3v) is 9.64. The van der Waals surface area contributed by atoms with E-state index in [1.165, 1.54) is 21.1 Å². The fourth-order valence-corrected chi connectivity index (χ4v) is 5.52. The molecule has 6 rings (SSSR count). The fourth-order valence-electron chi connectivity index (χ4n) is 2.57. The molecule has 0 saturated heterocycles. The van der Waals surface area contributed by atoms with Crippen molar-refractivity contribution in [2.45, 2.75) is 0 Å². The fraction of sp³-hybridized carbons (Fsp3) is 0. The molecule has 0 aliphatic heterocycles. The zero-order valence-electron chi connectivity index (χ0n) is 23.0. The Morgan fingerprint density at radius 1 is 0.167 bits per heavy atom. The van der Waals surface area contributed by atoms with Crippen LogP contribution in [0.3, 0.4) is 0 Å². The molecule has 204 valence electrons. The van der Waals surface area contributed by atoms with Gasteiger partial charge in [-0.15, -0.1) is 0 Å². The normalized spacial score (nSPS) is 8.71. The van der Waals surface area contributed by atoms with Gasteiger partial charge in [-0.25, -0.2) is 0 Å². The molecule has 42 heavy (non-hydrogen) atoms. The standard InChI is InChI=1S/6C6H5.6Sb/c6*1-2-4-6-5-3-1;;;;;;/h6*1-5H;;;;;;. The maximum absolute atomic E-state index is 2.11. The second kappa shape index (κ2) is 28.7. The van der Waals surface area contributed by atoms with Gasteiger partial charge in [0.2, 0.25) is 0 Å². The van der Waals surface area contributed by atoms with Gasteiger partial charge in [-0.05, 0) is 0 Å². The number of hydrogen-bond acceptors (Lipinski definition) is 0. The Bertz CT molecular complexity index is 1100. The van der Waals surface area contributed by atoms with Gasteiger partial charge in [0.15, 0.2) is 0 Å². The van der Waals surface area contributed by atoms with Crippen LogP contribution in [0.4, 0.5) is 0 Å². The van der Waals surface area contributed by atoms with Crippen molar-refractivity contribution < 1.29 is 0 Å². The molecule has 0 spiro atoms. The van der Waals surface area contributed by atoms with Crippen molar-refractivity contribution in [2.75, 3.05) is 0 Å². The Hall–Kier alpha value is 0.229. The van der Waals surface area contributed by atoms with Gasteiger partial charge in [-0.2, -0.15) is 0 Å². The summed E-state index contributed by atoms with van der Waals surface area (Å²) in [4.78, 5) is 0. The monoisotopic (exact) mass is 1190 g/mol. The summed E-state index contributed by atoms with van der Waals surface area (Å²) in [7, 11) is 0. The summed E-state index contributed by atoms with van der Waals surface area (Å²) in [6.45, 7) is 0. The molecule has 0 atom stereocenters. The number of hydrogen-bond donors (Lipinski definition) is 0. The summed E-state index contributed by atoms with van der Waals surface area (Å²) in [5.41, 5.74) is 0. The second-order valence-electron chi connectivity index (χ2n) is 8.01. The quantitative estimate of drug-likeness (QED) is 0.206. The summed E-state index contributed by atoms with van der Waals surface area (Å²) in [6, 6.07) is 62.0. The average Bonchev–Trinajstić information content (AvgIpc) is 3.01. The van der Waals surface area contributed by atoms with E-state index in [0.717, 1.165) is 0 Å². The molecule has 0 saturated carbocycles. The molecule has 0 unspecified atom stereocenters. The van der Waals surface area contributed by atoms with Crippen molar-refractivity contribution in [3.63, 3.8) is 0 Å². The van der Waals surface area contributed by atoms with Crippen molar-refractivity contribution in [3.05, 3.63) is 182 Å². The topological polar surface area (TPSA) is 0 Å².